The summed E-state index contributed by atoms with van der Waals surface area (Å²) in [4.78, 5) is 10.9. The van der Waals surface area contributed by atoms with Crippen molar-refractivity contribution in [2.24, 2.45) is 5.73 Å². The molecule has 6 nitrogen and oxygen atoms in total. The molecule has 0 saturated carbocycles. The third kappa shape index (κ3) is 5.40. The van der Waals surface area contributed by atoms with Gasteiger partial charge in [-0.25, -0.2) is 4.98 Å². The molecule has 1 aromatic rings. The van der Waals surface area contributed by atoms with Crippen LogP contribution in [-0.2, 0) is 4.74 Å². The minimum atomic E-state index is 0.0871. The predicted octanol–water partition coefficient (Wildman–Crippen LogP) is 0.984. The Hall–Kier alpha value is -1.40. The maximum absolute atomic E-state index is 5.63. The average molecular weight is 268 g/mol. The van der Waals surface area contributed by atoms with Crippen molar-refractivity contribution >= 4 is 5.95 Å². The van der Waals surface area contributed by atoms with Gasteiger partial charge < -0.3 is 20.1 Å². The van der Waals surface area contributed by atoms with Crippen molar-refractivity contribution in [2.45, 2.75) is 26.9 Å². The molecule has 0 spiro atoms. The summed E-state index contributed by atoms with van der Waals surface area (Å²) in [6.45, 7) is 8.42. The van der Waals surface area contributed by atoms with Crippen molar-refractivity contribution in [2.75, 3.05) is 38.3 Å². The molecule has 0 aromatic carbocycles. The number of anilines is 1. The molecule has 0 aliphatic heterocycles. The lowest BCUT2D eigenvalue weighted by Crippen LogP contribution is -2.34. The van der Waals surface area contributed by atoms with Crippen LogP contribution in [0.25, 0.3) is 0 Å². The molecule has 108 valence electrons. The van der Waals surface area contributed by atoms with Crippen LogP contribution in [0.1, 0.15) is 19.5 Å². The molecule has 6 heteroatoms. The van der Waals surface area contributed by atoms with Gasteiger partial charge in [0, 0.05) is 38.5 Å². The number of ether oxygens (including phenoxy) is 2. The van der Waals surface area contributed by atoms with Gasteiger partial charge in [0.25, 0.3) is 0 Å². The molecule has 1 heterocycles. The quantitative estimate of drug-likeness (QED) is 0.757. The lowest BCUT2D eigenvalue weighted by molar-refractivity contribution is 0.204. The number of aromatic nitrogens is 2. The van der Waals surface area contributed by atoms with E-state index in [1.165, 1.54) is 0 Å². The number of rotatable bonds is 8. The van der Waals surface area contributed by atoms with Crippen LogP contribution in [0.5, 0.6) is 5.88 Å². The van der Waals surface area contributed by atoms with Gasteiger partial charge in [0.1, 0.15) is 0 Å². The minimum Gasteiger partial charge on any atom is -0.475 e. The summed E-state index contributed by atoms with van der Waals surface area (Å²) >= 11 is 0. The summed E-state index contributed by atoms with van der Waals surface area (Å²) in [6.07, 6.45) is 0.0871. The summed E-state index contributed by atoms with van der Waals surface area (Å²) in [5.41, 5.74) is 6.50. The van der Waals surface area contributed by atoms with Crippen molar-refractivity contribution in [3.63, 3.8) is 0 Å². The molecule has 0 fully saturated rings. The van der Waals surface area contributed by atoms with Crippen LogP contribution in [0, 0.1) is 6.92 Å². The Morgan fingerprint density at radius 2 is 2.05 bits per heavy atom. The molecule has 0 saturated heterocycles. The maximum Gasteiger partial charge on any atom is 0.228 e. The second kappa shape index (κ2) is 7.91. The van der Waals surface area contributed by atoms with Crippen LogP contribution in [0.3, 0.4) is 0 Å². The number of nitrogens with zero attached hydrogens (tertiary/aromatic N) is 3. The summed E-state index contributed by atoms with van der Waals surface area (Å²) in [6, 6.07) is 1.83. The molecule has 0 amide bonds. The zero-order valence-corrected chi connectivity index (χ0v) is 12.2. The van der Waals surface area contributed by atoms with E-state index in [9.17, 15) is 0 Å². The number of hydrogen-bond acceptors (Lipinski definition) is 6. The van der Waals surface area contributed by atoms with Gasteiger partial charge in [0.05, 0.1) is 12.7 Å². The van der Waals surface area contributed by atoms with Gasteiger partial charge >= 0.3 is 0 Å². The van der Waals surface area contributed by atoms with E-state index in [2.05, 4.69) is 9.97 Å². The fourth-order valence-electron chi connectivity index (χ4n) is 1.64. The van der Waals surface area contributed by atoms with Gasteiger partial charge in [-0.15, -0.1) is 0 Å². The first kappa shape index (κ1) is 15.7. The zero-order valence-electron chi connectivity index (χ0n) is 12.2. The smallest absolute Gasteiger partial charge is 0.228 e. The Kier molecular flexibility index (Phi) is 6.52. The molecule has 0 aliphatic carbocycles. The molecule has 19 heavy (non-hydrogen) atoms. The van der Waals surface area contributed by atoms with Crippen LogP contribution in [0.15, 0.2) is 6.07 Å². The molecule has 1 rings (SSSR count). The molecule has 0 bridgehead atoms. The van der Waals surface area contributed by atoms with Gasteiger partial charge in [-0.1, -0.05) is 0 Å². The predicted molar refractivity (Wildman–Crippen MR) is 75.7 cm³/mol. The lowest BCUT2D eigenvalue weighted by atomic mass is 10.4. The fourth-order valence-corrected chi connectivity index (χ4v) is 1.64. The largest absolute Gasteiger partial charge is 0.475 e. The Bertz CT molecular complexity index is 385. The normalized spacial score (nSPS) is 10.8. The molecule has 0 atom stereocenters. The van der Waals surface area contributed by atoms with E-state index in [4.69, 9.17) is 15.2 Å². The molecular formula is C13H24N4O2. The van der Waals surface area contributed by atoms with E-state index in [-0.39, 0.29) is 6.10 Å². The van der Waals surface area contributed by atoms with E-state index in [1.54, 1.807) is 7.11 Å². The van der Waals surface area contributed by atoms with Crippen molar-refractivity contribution < 1.29 is 9.47 Å². The maximum atomic E-state index is 5.63. The molecule has 0 aliphatic rings. The third-order valence-corrected chi connectivity index (χ3v) is 2.42. The first-order valence-corrected chi connectivity index (χ1v) is 6.53. The number of nitrogens with two attached hydrogens (primary N) is 1. The highest BCUT2D eigenvalue weighted by Crippen LogP contribution is 2.16. The van der Waals surface area contributed by atoms with E-state index < -0.39 is 0 Å². The van der Waals surface area contributed by atoms with Crippen LogP contribution < -0.4 is 15.4 Å². The molecular weight excluding hydrogens is 244 g/mol. The fraction of sp³-hybridized carbons (Fsp3) is 0.692. The van der Waals surface area contributed by atoms with Gasteiger partial charge in [-0.2, -0.15) is 4.98 Å². The van der Waals surface area contributed by atoms with Gasteiger partial charge in [0.15, 0.2) is 0 Å². The Labute approximate surface area is 114 Å². The monoisotopic (exact) mass is 268 g/mol. The molecule has 2 N–H and O–H groups in total. The Balaban J connectivity index is 2.90. The van der Waals surface area contributed by atoms with Crippen LogP contribution >= 0.6 is 0 Å². The van der Waals surface area contributed by atoms with Crippen molar-refractivity contribution in [3.8, 4) is 5.88 Å². The summed E-state index contributed by atoms with van der Waals surface area (Å²) in [5, 5.41) is 0. The second-order valence-corrected chi connectivity index (χ2v) is 4.58. The summed E-state index contributed by atoms with van der Waals surface area (Å²) in [7, 11) is 1.67. The number of hydrogen-bond donors (Lipinski definition) is 1. The third-order valence-electron chi connectivity index (χ3n) is 2.42. The van der Waals surface area contributed by atoms with Crippen LogP contribution in [0.2, 0.25) is 0 Å². The first-order valence-electron chi connectivity index (χ1n) is 6.53. The highest BCUT2D eigenvalue weighted by molar-refractivity contribution is 5.34. The van der Waals surface area contributed by atoms with E-state index >= 15 is 0 Å². The highest BCUT2D eigenvalue weighted by Gasteiger charge is 2.12. The lowest BCUT2D eigenvalue weighted by Gasteiger charge is -2.22. The Morgan fingerprint density at radius 1 is 1.32 bits per heavy atom. The standard InChI is InChI=1S/C13H24N4O2/c1-10(2)19-12-9-11(3)15-13(16-12)17(6-5-14)7-8-18-4/h9-10H,5-8,14H2,1-4H3. The van der Waals surface area contributed by atoms with Crippen molar-refractivity contribution in [1.29, 1.82) is 0 Å². The van der Waals surface area contributed by atoms with Crippen LogP contribution in [0.4, 0.5) is 5.95 Å². The second-order valence-electron chi connectivity index (χ2n) is 4.58. The SMILES string of the molecule is COCCN(CCN)c1nc(C)cc(OC(C)C)n1. The number of methoxy groups -OCH3 is 1. The molecule has 0 unspecified atom stereocenters. The molecule has 1 aromatic heterocycles. The van der Waals surface area contributed by atoms with Gasteiger partial charge in [-0.05, 0) is 20.8 Å². The van der Waals surface area contributed by atoms with E-state index in [0.29, 0.717) is 38.1 Å². The van der Waals surface area contributed by atoms with E-state index in [0.717, 1.165) is 5.69 Å². The topological polar surface area (TPSA) is 73.5 Å². The van der Waals surface area contributed by atoms with Crippen molar-refractivity contribution in [1.82, 2.24) is 9.97 Å². The first-order chi connectivity index (χ1) is 9.06. The van der Waals surface area contributed by atoms with Gasteiger partial charge in [0.2, 0.25) is 11.8 Å². The van der Waals surface area contributed by atoms with Crippen molar-refractivity contribution in [3.05, 3.63) is 11.8 Å². The molecule has 0 radical (unpaired) electrons. The average Bonchev–Trinajstić information content (AvgIpc) is 2.32. The zero-order chi connectivity index (χ0) is 14.3. The summed E-state index contributed by atoms with van der Waals surface area (Å²) in [5.74, 6) is 1.23. The highest BCUT2D eigenvalue weighted by atomic mass is 16.5. The van der Waals surface area contributed by atoms with Gasteiger partial charge in [-0.3, -0.25) is 0 Å². The minimum absolute atomic E-state index is 0.0871. The van der Waals surface area contributed by atoms with E-state index in [1.807, 2.05) is 31.7 Å². The number of aryl methyl sites for hydroxylation is 1. The van der Waals surface area contributed by atoms with Crippen LogP contribution in [-0.4, -0.2) is 49.4 Å². The Morgan fingerprint density at radius 3 is 2.63 bits per heavy atom. The summed E-state index contributed by atoms with van der Waals surface area (Å²) < 4.78 is 10.7.